The van der Waals surface area contributed by atoms with E-state index in [1.165, 1.54) is 0 Å². The number of rotatable bonds is 3. The molecule has 0 fully saturated rings. The van der Waals surface area contributed by atoms with E-state index in [4.69, 9.17) is 4.74 Å². The standard InChI is InChI=1S/C17H16O3/c1-4-16(19)20-15-7-5-13(6-8-15)17-11(2)9-14(18)10-12(17)3/h4-10,18H,1H2,2-3H3. The number of phenolic OH excluding ortho intramolecular Hbond substituents is 1. The molecule has 0 aliphatic heterocycles. The van der Waals surface area contributed by atoms with Crippen LogP contribution in [0.25, 0.3) is 11.1 Å². The van der Waals surface area contributed by atoms with Gasteiger partial charge in [0.2, 0.25) is 0 Å². The zero-order valence-electron chi connectivity index (χ0n) is 11.5. The van der Waals surface area contributed by atoms with Gasteiger partial charge in [0.15, 0.2) is 0 Å². The third-order valence-corrected chi connectivity index (χ3v) is 3.05. The topological polar surface area (TPSA) is 46.5 Å². The number of aryl methyl sites for hydroxylation is 2. The smallest absolute Gasteiger partial charge is 0.335 e. The molecule has 0 aliphatic rings. The van der Waals surface area contributed by atoms with Crippen LogP contribution in [0.3, 0.4) is 0 Å². The summed E-state index contributed by atoms with van der Waals surface area (Å²) in [7, 11) is 0. The van der Waals surface area contributed by atoms with Crippen LogP contribution in [0.15, 0.2) is 49.1 Å². The van der Waals surface area contributed by atoms with Gasteiger partial charge in [-0.15, -0.1) is 0 Å². The zero-order valence-corrected chi connectivity index (χ0v) is 11.5. The Labute approximate surface area is 118 Å². The van der Waals surface area contributed by atoms with E-state index < -0.39 is 5.97 Å². The first-order valence-electron chi connectivity index (χ1n) is 6.26. The zero-order chi connectivity index (χ0) is 14.7. The average Bonchev–Trinajstić information content (AvgIpc) is 2.39. The van der Waals surface area contributed by atoms with Crippen LogP contribution in [0.4, 0.5) is 0 Å². The maximum absolute atomic E-state index is 11.1. The Bertz CT molecular complexity index is 631. The Morgan fingerprint density at radius 1 is 1.15 bits per heavy atom. The molecule has 1 N–H and O–H groups in total. The van der Waals surface area contributed by atoms with E-state index >= 15 is 0 Å². The number of carbonyl (C=O) groups excluding carboxylic acids is 1. The highest BCUT2D eigenvalue weighted by molar-refractivity contribution is 5.83. The molecule has 0 saturated carbocycles. The predicted molar refractivity (Wildman–Crippen MR) is 78.8 cm³/mol. The van der Waals surface area contributed by atoms with Gasteiger partial charge in [-0.3, -0.25) is 0 Å². The second kappa shape index (κ2) is 5.61. The van der Waals surface area contributed by atoms with Crippen molar-refractivity contribution in [1.29, 1.82) is 0 Å². The van der Waals surface area contributed by atoms with E-state index in [0.29, 0.717) is 5.75 Å². The number of hydrogen-bond donors (Lipinski definition) is 1. The second-order valence-electron chi connectivity index (χ2n) is 4.60. The molecule has 0 bridgehead atoms. The van der Waals surface area contributed by atoms with Crippen molar-refractivity contribution in [3.63, 3.8) is 0 Å². The third-order valence-electron chi connectivity index (χ3n) is 3.05. The fraction of sp³-hybridized carbons (Fsp3) is 0.118. The number of carbonyl (C=O) groups is 1. The van der Waals surface area contributed by atoms with Crippen molar-refractivity contribution in [2.24, 2.45) is 0 Å². The van der Waals surface area contributed by atoms with Gasteiger partial charge in [0.25, 0.3) is 0 Å². The van der Waals surface area contributed by atoms with Crippen LogP contribution in [0, 0.1) is 13.8 Å². The molecule has 0 aromatic heterocycles. The van der Waals surface area contributed by atoms with Crippen LogP contribution in [0.5, 0.6) is 11.5 Å². The van der Waals surface area contributed by atoms with Gasteiger partial charge >= 0.3 is 5.97 Å². The number of aromatic hydroxyl groups is 1. The first kappa shape index (κ1) is 13.9. The summed E-state index contributed by atoms with van der Waals surface area (Å²) in [6, 6.07) is 10.7. The van der Waals surface area contributed by atoms with Crippen LogP contribution >= 0.6 is 0 Å². The van der Waals surface area contributed by atoms with Crippen molar-refractivity contribution >= 4 is 5.97 Å². The van der Waals surface area contributed by atoms with Gasteiger partial charge in [0.1, 0.15) is 11.5 Å². The normalized spacial score (nSPS) is 10.1. The quantitative estimate of drug-likeness (QED) is 0.523. The Hall–Kier alpha value is -2.55. The highest BCUT2D eigenvalue weighted by Crippen LogP contribution is 2.31. The van der Waals surface area contributed by atoms with Gasteiger partial charge in [-0.25, -0.2) is 4.79 Å². The van der Waals surface area contributed by atoms with Gasteiger partial charge in [0, 0.05) is 6.08 Å². The molecule has 0 amide bonds. The molecule has 2 aromatic carbocycles. The number of ether oxygens (including phenoxy) is 1. The summed E-state index contributed by atoms with van der Waals surface area (Å²) >= 11 is 0. The summed E-state index contributed by atoms with van der Waals surface area (Å²) in [5.41, 5.74) is 4.08. The summed E-state index contributed by atoms with van der Waals surface area (Å²) in [6.07, 6.45) is 1.13. The fourth-order valence-electron chi connectivity index (χ4n) is 2.24. The van der Waals surface area contributed by atoms with Crippen LogP contribution in [0.2, 0.25) is 0 Å². The van der Waals surface area contributed by atoms with E-state index in [1.807, 2.05) is 26.0 Å². The Morgan fingerprint density at radius 3 is 2.20 bits per heavy atom. The lowest BCUT2D eigenvalue weighted by atomic mass is 9.95. The molecule has 2 rings (SSSR count). The predicted octanol–water partition coefficient (Wildman–Crippen LogP) is 3.77. The molecule has 102 valence electrons. The SMILES string of the molecule is C=CC(=O)Oc1ccc(-c2c(C)cc(O)cc2C)cc1. The van der Waals surface area contributed by atoms with Gasteiger partial charge in [-0.05, 0) is 60.4 Å². The van der Waals surface area contributed by atoms with Gasteiger partial charge < -0.3 is 9.84 Å². The highest BCUT2D eigenvalue weighted by Gasteiger charge is 2.08. The van der Waals surface area contributed by atoms with Crippen LogP contribution in [-0.4, -0.2) is 11.1 Å². The van der Waals surface area contributed by atoms with Crippen molar-refractivity contribution in [2.45, 2.75) is 13.8 Å². The van der Waals surface area contributed by atoms with Crippen LogP contribution < -0.4 is 4.74 Å². The van der Waals surface area contributed by atoms with Gasteiger partial charge in [0.05, 0.1) is 0 Å². The van der Waals surface area contributed by atoms with Crippen molar-refractivity contribution in [2.75, 3.05) is 0 Å². The van der Waals surface area contributed by atoms with Gasteiger partial charge in [-0.1, -0.05) is 18.7 Å². The molecule has 20 heavy (non-hydrogen) atoms. The fourth-order valence-corrected chi connectivity index (χ4v) is 2.24. The lowest BCUT2D eigenvalue weighted by Crippen LogP contribution is -2.02. The first-order valence-corrected chi connectivity index (χ1v) is 6.26. The van der Waals surface area contributed by atoms with E-state index in [9.17, 15) is 9.90 Å². The van der Waals surface area contributed by atoms with Crippen molar-refractivity contribution < 1.29 is 14.6 Å². The molecule has 0 aliphatic carbocycles. The van der Waals surface area contributed by atoms with Crippen LogP contribution in [-0.2, 0) is 4.79 Å². The molecule has 0 spiro atoms. The maximum Gasteiger partial charge on any atom is 0.335 e. The first-order chi connectivity index (χ1) is 9.51. The van der Waals surface area contributed by atoms with E-state index in [0.717, 1.165) is 28.3 Å². The minimum atomic E-state index is -0.477. The molecule has 2 aromatic rings. The number of esters is 1. The molecular weight excluding hydrogens is 252 g/mol. The largest absolute Gasteiger partial charge is 0.508 e. The van der Waals surface area contributed by atoms with E-state index in [1.54, 1.807) is 24.3 Å². The monoisotopic (exact) mass is 268 g/mol. The van der Waals surface area contributed by atoms with Crippen molar-refractivity contribution in [3.8, 4) is 22.6 Å². The maximum atomic E-state index is 11.1. The lowest BCUT2D eigenvalue weighted by molar-refractivity contribution is -0.128. The second-order valence-corrected chi connectivity index (χ2v) is 4.60. The number of phenols is 1. The molecule has 0 saturated heterocycles. The number of benzene rings is 2. The molecule has 0 unspecified atom stereocenters. The summed E-state index contributed by atoms with van der Waals surface area (Å²) in [5.74, 6) is 0.266. The Kier molecular flexibility index (Phi) is 3.89. The Balaban J connectivity index is 2.35. The Morgan fingerprint density at radius 2 is 1.70 bits per heavy atom. The van der Waals surface area contributed by atoms with Crippen LogP contribution in [0.1, 0.15) is 11.1 Å². The lowest BCUT2D eigenvalue weighted by Gasteiger charge is -2.11. The molecule has 3 nitrogen and oxygen atoms in total. The summed E-state index contributed by atoms with van der Waals surface area (Å²) < 4.78 is 5.04. The summed E-state index contributed by atoms with van der Waals surface area (Å²) in [6.45, 7) is 7.26. The number of hydrogen-bond acceptors (Lipinski definition) is 3. The van der Waals surface area contributed by atoms with E-state index in [-0.39, 0.29) is 5.75 Å². The van der Waals surface area contributed by atoms with Crippen molar-refractivity contribution in [1.82, 2.24) is 0 Å². The average molecular weight is 268 g/mol. The minimum absolute atomic E-state index is 0.264. The summed E-state index contributed by atoms with van der Waals surface area (Å²) in [4.78, 5) is 11.1. The third kappa shape index (κ3) is 2.88. The molecule has 0 atom stereocenters. The molecular formula is C17H16O3. The van der Waals surface area contributed by atoms with E-state index in [2.05, 4.69) is 6.58 Å². The molecule has 0 radical (unpaired) electrons. The molecule has 0 heterocycles. The van der Waals surface area contributed by atoms with Crippen molar-refractivity contribution in [3.05, 3.63) is 60.2 Å². The minimum Gasteiger partial charge on any atom is -0.508 e. The summed E-state index contributed by atoms with van der Waals surface area (Å²) in [5, 5.41) is 9.57. The molecule has 3 heteroatoms. The van der Waals surface area contributed by atoms with Gasteiger partial charge in [-0.2, -0.15) is 0 Å². The highest BCUT2D eigenvalue weighted by atomic mass is 16.5.